The Hall–Kier alpha value is -0.510. The van der Waals surface area contributed by atoms with E-state index in [1.54, 1.807) is 6.92 Å². The largest absolute Gasteiger partial charge is 0.425 e. The van der Waals surface area contributed by atoms with Gasteiger partial charge in [0.2, 0.25) is 0 Å². The Labute approximate surface area is 60.3 Å². The highest BCUT2D eigenvalue weighted by molar-refractivity contribution is 7.12. The Morgan fingerprint density at radius 3 is 2.10 bits per heavy atom. The highest BCUT2D eigenvalue weighted by Gasteiger charge is 2.31. The fourth-order valence-electron chi connectivity index (χ4n) is 0.587. The van der Waals surface area contributed by atoms with Crippen LogP contribution in [0.4, 0.5) is 13.2 Å². The van der Waals surface area contributed by atoms with E-state index in [4.69, 9.17) is 0 Å². The standard InChI is InChI=1S/C6H5F3S/c1-4-2-3-5(10-4)6(7,8)9/h2-3H,1H3. The van der Waals surface area contributed by atoms with Gasteiger partial charge in [0.25, 0.3) is 0 Å². The quantitative estimate of drug-likeness (QED) is 0.555. The Balaban J connectivity index is 2.96. The van der Waals surface area contributed by atoms with Gasteiger partial charge in [0, 0.05) is 4.88 Å². The van der Waals surface area contributed by atoms with E-state index in [9.17, 15) is 13.2 Å². The number of hydrogen-bond donors (Lipinski definition) is 0. The van der Waals surface area contributed by atoms with Crippen molar-refractivity contribution in [3.05, 3.63) is 21.9 Å². The molecular formula is C6H5F3S. The lowest BCUT2D eigenvalue weighted by molar-refractivity contribution is -0.134. The van der Waals surface area contributed by atoms with E-state index in [2.05, 4.69) is 0 Å². The van der Waals surface area contributed by atoms with E-state index in [-0.39, 0.29) is 0 Å². The molecule has 0 fully saturated rings. The zero-order valence-corrected chi connectivity index (χ0v) is 6.01. The molecule has 4 heteroatoms. The molecule has 0 N–H and O–H groups in total. The van der Waals surface area contributed by atoms with Gasteiger partial charge in [-0.15, -0.1) is 11.3 Å². The molecule has 1 heterocycles. The second kappa shape index (κ2) is 2.27. The second-order valence-corrected chi connectivity index (χ2v) is 3.20. The van der Waals surface area contributed by atoms with Crippen LogP contribution in [-0.2, 0) is 6.18 Å². The Bertz CT molecular complexity index is 223. The van der Waals surface area contributed by atoms with Crippen LogP contribution >= 0.6 is 11.3 Å². The Morgan fingerprint density at radius 2 is 1.90 bits per heavy atom. The monoisotopic (exact) mass is 166 g/mol. The predicted molar refractivity (Wildman–Crippen MR) is 34.1 cm³/mol. The van der Waals surface area contributed by atoms with Gasteiger partial charge in [-0.25, -0.2) is 0 Å². The molecule has 56 valence electrons. The third-order valence-corrected chi connectivity index (χ3v) is 2.07. The number of alkyl halides is 3. The molecule has 0 saturated carbocycles. The van der Waals surface area contributed by atoms with Crippen molar-refractivity contribution in [3.63, 3.8) is 0 Å². The molecule has 1 aromatic rings. The maximum atomic E-state index is 11.8. The van der Waals surface area contributed by atoms with Gasteiger partial charge in [0.15, 0.2) is 0 Å². The van der Waals surface area contributed by atoms with E-state index < -0.39 is 11.1 Å². The molecule has 0 saturated heterocycles. The smallest absolute Gasteiger partial charge is 0.165 e. The molecule has 0 aromatic carbocycles. The fourth-order valence-corrected chi connectivity index (χ4v) is 1.32. The predicted octanol–water partition coefficient (Wildman–Crippen LogP) is 3.08. The molecular weight excluding hydrogens is 161 g/mol. The first kappa shape index (κ1) is 7.60. The van der Waals surface area contributed by atoms with E-state index in [0.717, 1.165) is 17.4 Å². The molecule has 0 bridgehead atoms. The van der Waals surface area contributed by atoms with Gasteiger partial charge in [0.1, 0.15) is 4.88 Å². The number of halogens is 3. The van der Waals surface area contributed by atoms with Gasteiger partial charge in [-0.3, -0.25) is 0 Å². The summed E-state index contributed by atoms with van der Waals surface area (Å²) in [4.78, 5) is 0.164. The molecule has 0 amide bonds. The maximum Gasteiger partial charge on any atom is 0.425 e. The molecule has 0 unspecified atom stereocenters. The minimum atomic E-state index is -4.17. The van der Waals surface area contributed by atoms with E-state index in [1.165, 1.54) is 6.07 Å². The topological polar surface area (TPSA) is 0 Å². The molecule has 10 heavy (non-hydrogen) atoms. The summed E-state index contributed by atoms with van der Waals surface area (Å²) in [5.41, 5.74) is 0. The minimum Gasteiger partial charge on any atom is -0.165 e. The first-order valence-electron chi connectivity index (χ1n) is 2.64. The lowest BCUT2D eigenvalue weighted by Crippen LogP contribution is -2.00. The average Bonchev–Trinajstić information content (AvgIpc) is 2.11. The van der Waals surface area contributed by atoms with E-state index in [1.807, 2.05) is 0 Å². The SMILES string of the molecule is Cc1ccc(C(F)(F)F)s1. The van der Waals surface area contributed by atoms with Crippen molar-refractivity contribution >= 4 is 11.3 Å². The summed E-state index contributed by atoms with van der Waals surface area (Å²) in [7, 11) is 0. The van der Waals surface area contributed by atoms with Gasteiger partial charge >= 0.3 is 6.18 Å². The number of aryl methyl sites for hydroxylation is 1. The van der Waals surface area contributed by atoms with Crippen LogP contribution in [0, 0.1) is 6.92 Å². The zero-order valence-electron chi connectivity index (χ0n) is 5.20. The maximum absolute atomic E-state index is 11.8. The third-order valence-electron chi connectivity index (χ3n) is 1.02. The third kappa shape index (κ3) is 1.50. The van der Waals surface area contributed by atoms with Gasteiger partial charge in [-0.2, -0.15) is 13.2 Å². The van der Waals surface area contributed by atoms with Crippen LogP contribution in [0.1, 0.15) is 9.75 Å². The van der Waals surface area contributed by atoms with Crippen LogP contribution in [0.25, 0.3) is 0 Å². The van der Waals surface area contributed by atoms with Crippen LogP contribution in [0.15, 0.2) is 12.1 Å². The minimum absolute atomic E-state index is 0.523. The van der Waals surface area contributed by atoms with Crippen molar-refractivity contribution in [2.24, 2.45) is 0 Å². The average molecular weight is 166 g/mol. The molecule has 0 radical (unpaired) electrons. The van der Waals surface area contributed by atoms with Crippen molar-refractivity contribution < 1.29 is 13.2 Å². The number of hydrogen-bond acceptors (Lipinski definition) is 1. The van der Waals surface area contributed by atoms with Crippen molar-refractivity contribution in [3.8, 4) is 0 Å². The molecule has 0 aliphatic heterocycles. The van der Waals surface area contributed by atoms with Crippen LogP contribution in [0.5, 0.6) is 0 Å². The summed E-state index contributed by atoms with van der Waals surface area (Å²) in [6, 6.07) is 2.56. The van der Waals surface area contributed by atoms with Crippen LogP contribution in [0.3, 0.4) is 0 Å². The van der Waals surface area contributed by atoms with Crippen LogP contribution in [-0.4, -0.2) is 0 Å². The first-order chi connectivity index (χ1) is 4.50. The van der Waals surface area contributed by atoms with E-state index in [0.29, 0.717) is 4.88 Å². The Kier molecular flexibility index (Phi) is 1.72. The molecule has 0 aliphatic rings. The molecule has 0 atom stereocenters. The number of rotatable bonds is 0. The summed E-state index contributed by atoms with van der Waals surface area (Å²) in [5.74, 6) is 0. The lowest BCUT2D eigenvalue weighted by atomic mass is 10.4. The molecule has 1 aromatic heterocycles. The first-order valence-corrected chi connectivity index (χ1v) is 3.45. The highest BCUT2D eigenvalue weighted by atomic mass is 32.1. The zero-order chi connectivity index (χ0) is 7.78. The van der Waals surface area contributed by atoms with E-state index >= 15 is 0 Å². The summed E-state index contributed by atoms with van der Waals surface area (Å²) in [5, 5.41) is 0. The van der Waals surface area contributed by atoms with Gasteiger partial charge in [-0.05, 0) is 19.1 Å². The van der Waals surface area contributed by atoms with Gasteiger partial charge in [-0.1, -0.05) is 0 Å². The van der Waals surface area contributed by atoms with Crippen LogP contribution < -0.4 is 0 Å². The summed E-state index contributed by atoms with van der Waals surface area (Å²) in [6.45, 7) is 1.65. The lowest BCUT2D eigenvalue weighted by Gasteiger charge is -1.99. The Morgan fingerprint density at radius 1 is 1.30 bits per heavy atom. The summed E-state index contributed by atoms with van der Waals surface area (Å²) >= 11 is 0.770. The van der Waals surface area contributed by atoms with Crippen molar-refractivity contribution in [2.75, 3.05) is 0 Å². The van der Waals surface area contributed by atoms with Crippen molar-refractivity contribution in [2.45, 2.75) is 13.1 Å². The van der Waals surface area contributed by atoms with Crippen molar-refractivity contribution in [1.82, 2.24) is 0 Å². The molecule has 1 rings (SSSR count). The van der Waals surface area contributed by atoms with Crippen molar-refractivity contribution in [1.29, 1.82) is 0 Å². The molecule has 0 spiro atoms. The molecule has 0 nitrogen and oxygen atoms in total. The second-order valence-electron chi connectivity index (χ2n) is 1.91. The van der Waals surface area contributed by atoms with Gasteiger partial charge < -0.3 is 0 Å². The summed E-state index contributed by atoms with van der Waals surface area (Å²) in [6.07, 6.45) is -4.17. The number of thiophene rings is 1. The normalized spacial score (nSPS) is 12.0. The molecule has 0 aliphatic carbocycles. The summed E-state index contributed by atoms with van der Waals surface area (Å²) < 4.78 is 35.4. The highest BCUT2D eigenvalue weighted by Crippen LogP contribution is 2.33. The fraction of sp³-hybridized carbons (Fsp3) is 0.333. The van der Waals surface area contributed by atoms with Gasteiger partial charge in [0.05, 0.1) is 0 Å². The van der Waals surface area contributed by atoms with Crippen LogP contribution in [0.2, 0.25) is 0 Å².